The molecule has 17 heavy (non-hydrogen) atoms. The number of para-hydroxylation sites is 1. The van der Waals surface area contributed by atoms with E-state index in [1.807, 2.05) is 12.1 Å². The molecule has 0 saturated heterocycles. The van der Waals surface area contributed by atoms with Crippen molar-refractivity contribution >= 4 is 5.69 Å². The molecule has 1 aromatic carbocycles. The molecule has 0 amide bonds. The number of aromatic nitrogens is 2. The van der Waals surface area contributed by atoms with Crippen molar-refractivity contribution in [3.63, 3.8) is 0 Å². The van der Waals surface area contributed by atoms with Crippen molar-refractivity contribution in [2.24, 2.45) is 0 Å². The molecule has 0 fully saturated rings. The third-order valence-corrected chi connectivity index (χ3v) is 2.69. The first-order valence-electron chi connectivity index (χ1n) is 5.85. The fourth-order valence-corrected chi connectivity index (χ4v) is 1.77. The van der Waals surface area contributed by atoms with Crippen LogP contribution in [0.2, 0.25) is 0 Å². The first-order valence-corrected chi connectivity index (χ1v) is 5.85. The maximum absolute atomic E-state index is 4.19. The molecule has 0 aliphatic carbocycles. The number of hydrogen-bond acceptors (Lipinski definition) is 3. The molecule has 3 nitrogen and oxygen atoms in total. The standard InChI is InChI=1S/C14H17N3/c1-11(2)13-5-3-4-6-14(13)16-9-12-7-8-15-10-17-12/h3-8,10-11,16H,9H2,1-2H3. The normalized spacial score (nSPS) is 10.5. The minimum atomic E-state index is 0.518. The van der Waals surface area contributed by atoms with Gasteiger partial charge in [0.25, 0.3) is 0 Å². The van der Waals surface area contributed by atoms with E-state index in [4.69, 9.17) is 0 Å². The first-order chi connectivity index (χ1) is 8.27. The molecule has 1 heterocycles. The third kappa shape index (κ3) is 3.03. The third-order valence-electron chi connectivity index (χ3n) is 2.69. The summed E-state index contributed by atoms with van der Waals surface area (Å²) in [5.74, 6) is 0.518. The largest absolute Gasteiger partial charge is 0.379 e. The Labute approximate surface area is 102 Å². The van der Waals surface area contributed by atoms with Crippen LogP contribution in [0, 0.1) is 0 Å². The molecule has 3 heteroatoms. The van der Waals surface area contributed by atoms with E-state index in [2.05, 4.69) is 47.3 Å². The van der Waals surface area contributed by atoms with Crippen LogP contribution >= 0.6 is 0 Å². The summed E-state index contributed by atoms with van der Waals surface area (Å²) in [6.07, 6.45) is 3.34. The van der Waals surface area contributed by atoms with E-state index in [9.17, 15) is 0 Å². The van der Waals surface area contributed by atoms with E-state index in [-0.39, 0.29) is 0 Å². The summed E-state index contributed by atoms with van der Waals surface area (Å²) >= 11 is 0. The number of benzene rings is 1. The van der Waals surface area contributed by atoms with Gasteiger partial charge < -0.3 is 5.32 Å². The zero-order chi connectivity index (χ0) is 12.1. The lowest BCUT2D eigenvalue weighted by atomic mass is 10.0. The fourth-order valence-electron chi connectivity index (χ4n) is 1.77. The van der Waals surface area contributed by atoms with Gasteiger partial charge in [0, 0.05) is 11.9 Å². The summed E-state index contributed by atoms with van der Waals surface area (Å²) in [5, 5.41) is 3.42. The molecule has 0 atom stereocenters. The van der Waals surface area contributed by atoms with Crippen LogP contribution in [0.5, 0.6) is 0 Å². The number of rotatable bonds is 4. The van der Waals surface area contributed by atoms with Crippen molar-refractivity contribution in [3.05, 3.63) is 54.1 Å². The van der Waals surface area contributed by atoms with Gasteiger partial charge in [0.2, 0.25) is 0 Å². The molecular formula is C14H17N3. The molecular weight excluding hydrogens is 210 g/mol. The highest BCUT2D eigenvalue weighted by molar-refractivity contribution is 5.52. The number of nitrogens with zero attached hydrogens (tertiary/aromatic N) is 2. The van der Waals surface area contributed by atoms with Gasteiger partial charge in [0.1, 0.15) is 6.33 Å². The summed E-state index contributed by atoms with van der Waals surface area (Å²) in [4.78, 5) is 8.10. The smallest absolute Gasteiger partial charge is 0.115 e. The monoisotopic (exact) mass is 227 g/mol. The lowest BCUT2D eigenvalue weighted by Gasteiger charge is -2.14. The van der Waals surface area contributed by atoms with Crippen molar-refractivity contribution in [1.82, 2.24) is 9.97 Å². The Balaban J connectivity index is 2.09. The molecule has 2 aromatic rings. The Bertz CT molecular complexity index is 466. The summed E-state index contributed by atoms with van der Waals surface area (Å²) in [5.41, 5.74) is 3.52. The summed E-state index contributed by atoms with van der Waals surface area (Å²) in [6.45, 7) is 5.13. The van der Waals surface area contributed by atoms with Gasteiger partial charge in [-0.15, -0.1) is 0 Å². The second kappa shape index (κ2) is 5.43. The van der Waals surface area contributed by atoms with E-state index in [0.29, 0.717) is 5.92 Å². The highest BCUT2D eigenvalue weighted by atomic mass is 14.9. The van der Waals surface area contributed by atoms with Gasteiger partial charge in [-0.1, -0.05) is 32.0 Å². The predicted octanol–water partition coefficient (Wildman–Crippen LogP) is 3.21. The first kappa shape index (κ1) is 11.6. The molecule has 0 radical (unpaired) electrons. The maximum Gasteiger partial charge on any atom is 0.115 e. The quantitative estimate of drug-likeness (QED) is 0.871. The van der Waals surface area contributed by atoms with Gasteiger partial charge in [-0.2, -0.15) is 0 Å². The van der Waals surface area contributed by atoms with Crippen molar-refractivity contribution in [2.75, 3.05) is 5.32 Å². The molecule has 1 aromatic heterocycles. The van der Waals surface area contributed by atoms with Gasteiger partial charge >= 0.3 is 0 Å². The molecule has 0 bridgehead atoms. The van der Waals surface area contributed by atoms with Crippen molar-refractivity contribution in [3.8, 4) is 0 Å². The van der Waals surface area contributed by atoms with Gasteiger partial charge in [-0.05, 0) is 23.6 Å². The van der Waals surface area contributed by atoms with Gasteiger partial charge in [0.15, 0.2) is 0 Å². The Morgan fingerprint density at radius 2 is 2.00 bits per heavy atom. The Hall–Kier alpha value is -1.90. The molecule has 1 N–H and O–H groups in total. The van der Waals surface area contributed by atoms with Crippen molar-refractivity contribution in [2.45, 2.75) is 26.3 Å². The van der Waals surface area contributed by atoms with Crippen LogP contribution < -0.4 is 5.32 Å². The van der Waals surface area contributed by atoms with Crippen molar-refractivity contribution < 1.29 is 0 Å². The maximum atomic E-state index is 4.19. The van der Waals surface area contributed by atoms with E-state index in [1.54, 1.807) is 12.5 Å². The second-order valence-electron chi connectivity index (χ2n) is 4.30. The van der Waals surface area contributed by atoms with Crippen LogP contribution in [0.25, 0.3) is 0 Å². The van der Waals surface area contributed by atoms with Crippen LogP contribution in [0.15, 0.2) is 42.9 Å². The molecule has 0 aliphatic rings. The van der Waals surface area contributed by atoms with Crippen LogP contribution in [-0.4, -0.2) is 9.97 Å². The minimum Gasteiger partial charge on any atom is -0.379 e. The number of anilines is 1. The average molecular weight is 227 g/mol. The highest BCUT2D eigenvalue weighted by Crippen LogP contribution is 2.23. The lowest BCUT2D eigenvalue weighted by Crippen LogP contribution is -2.04. The Kier molecular flexibility index (Phi) is 3.70. The molecule has 2 rings (SSSR count). The lowest BCUT2D eigenvalue weighted by molar-refractivity contribution is 0.864. The van der Waals surface area contributed by atoms with Gasteiger partial charge in [-0.3, -0.25) is 0 Å². The molecule has 0 unspecified atom stereocenters. The fraction of sp³-hybridized carbons (Fsp3) is 0.286. The molecule has 0 spiro atoms. The van der Waals surface area contributed by atoms with E-state index < -0.39 is 0 Å². The van der Waals surface area contributed by atoms with Crippen LogP contribution in [-0.2, 0) is 6.54 Å². The average Bonchev–Trinajstić information content (AvgIpc) is 2.38. The van der Waals surface area contributed by atoms with Gasteiger partial charge in [0.05, 0.1) is 12.2 Å². The summed E-state index contributed by atoms with van der Waals surface area (Å²) in [6, 6.07) is 10.3. The predicted molar refractivity (Wildman–Crippen MR) is 69.9 cm³/mol. The summed E-state index contributed by atoms with van der Waals surface area (Å²) < 4.78 is 0. The highest BCUT2D eigenvalue weighted by Gasteiger charge is 2.05. The van der Waals surface area contributed by atoms with E-state index >= 15 is 0 Å². The van der Waals surface area contributed by atoms with Crippen molar-refractivity contribution in [1.29, 1.82) is 0 Å². The van der Waals surface area contributed by atoms with Crippen LogP contribution in [0.3, 0.4) is 0 Å². The second-order valence-corrected chi connectivity index (χ2v) is 4.30. The van der Waals surface area contributed by atoms with Gasteiger partial charge in [-0.25, -0.2) is 9.97 Å². The Morgan fingerprint density at radius 1 is 1.18 bits per heavy atom. The SMILES string of the molecule is CC(C)c1ccccc1NCc1ccncn1. The van der Waals surface area contributed by atoms with E-state index in [0.717, 1.165) is 12.2 Å². The molecule has 0 saturated carbocycles. The number of nitrogens with one attached hydrogen (secondary N) is 1. The zero-order valence-corrected chi connectivity index (χ0v) is 10.2. The Morgan fingerprint density at radius 3 is 2.71 bits per heavy atom. The number of hydrogen-bond donors (Lipinski definition) is 1. The van der Waals surface area contributed by atoms with Crippen LogP contribution in [0.4, 0.5) is 5.69 Å². The molecule has 0 aliphatic heterocycles. The summed E-state index contributed by atoms with van der Waals surface area (Å²) in [7, 11) is 0. The van der Waals surface area contributed by atoms with E-state index in [1.165, 1.54) is 11.3 Å². The molecule has 88 valence electrons. The topological polar surface area (TPSA) is 37.8 Å². The zero-order valence-electron chi connectivity index (χ0n) is 10.2. The van der Waals surface area contributed by atoms with Crippen LogP contribution in [0.1, 0.15) is 31.0 Å². The minimum absolute atomic E-state index is 0.518.